The molecule has 1 aliphatic rings. The van der Waals surface area contributed by atoms with Crippen LogP contribution in [0.3, 0.4) is 0 Å². The third-order valence-corrected chi connectivity index (χ3v) is 6.96. The van der Waals surface area contributed by atoms with Crippen molar-refractivity contribution in [2.75, 3.05) is 32.5 Å². The van der Waals surface area contributed by atoms with E-state index in [1.54, 1.807) is 6.08 Å². The lowest BCUT2D eigenvalue weighted by atomic mass is 9.82. The number of nitro groups is 1. The zero-order valence-electron chi connectivity index (χ0n) is 21.5. The Kier molecular flexibility index (Phi) is 6.53. The van der Waals surface area contributed by atoms with Crippen LogP contribution >= 0.6 is 0 Å². The molecule has 0 spiro atoms. The molecule has 2 unspecified atom stereocenters. The maximum atomic E-state index is 12.2. The molecule has 0 aliphatic heterocycles. The number of fused-ring (bicyclic) bond motifs is 2. The van der Waals surface area contributed by atoms with Crippen molar-refractivity contribution in [3.63, 3.8) is 0 Å². The quantitative estimate of drug-likeness (QED) is 0.235. The van der Waals surface area contributed by atoms with Crippen molar-refractivity contribution in [2.24, 2.45) is 7.05 Å². The molecule has 5 rings (SSSR count). The van der Waals surface area contributed by atoms with Crippen molar-refractivity contribution in [1.82, 2.24) is 29.7 Å². The van der Waals surface area contributed by atoms with Crippen LogP contribution in [0.2, 0.25) is 0 Å². The molecule has 37 heavy (non-hydrogen) atoms. The molecule has 1 aromatic carbocycles. The molecule has 10 heteroatoms. The highest BCUT2D eigenvalue weighted by molar-refractivity contribution is 6.02. The Bertz CT molecular complexity index is 1520. The predicted octanol–water partition coefficient (Wildman–Crippen LogP) is 3.93. The second-order valence-corrected chi connectivity index (χ2v) is 9.74. The van der Waals surface area contributed by atoms with Crippen molar-refractivity contribution in [3.8, 4) is 11.3 Å². The second kappa shape index (κ2) is 9.79. The molecule has 4 aromatic rings. The van der Waals surface area contributed by atoms with E-state index in [2.05, 4.69) is 43.5 Å². The fourth-order valence-corrected chi connectivity index (χ4v) is 5.13. The molecule has 0 amide bonds. The highest BCUT2D eigenvalue weighted by atomic mass is 16.6. The third kappa shape index (κ3) is 4.61. The van der Waals surface area contributed by atoms with Crippen LogP contribution in [0.25, 0.3) is 33.2 Å². The van der Waals surface area contributed by atoms with Gasteiger partial charge in [-0.05, 0) is 51.8 Å². The molecular formula is C27H32N8O2. The first-order valence-corrected chi connectivity index (χ1v) is 12.4. The van der Waals surface area contributed by atoms with Crippen LogP contribution < -0.4 is 10.6 Å². The standard InChI is InChI=1S/C27H32N8O2/c1-5-29-27(13-15-33(2)3)12-10-18(16-23(27)35(36)37)30-26-31-24(20-11-14-28-25(20)32-26)21-17-34(4)22-9-7-6-8-19(21)22/h6-12,14,16-17,23,29H,5,13,15H2,1-4H3,(H2,28,30,31,32). The summed E-state index contributed by atoms with van der Waals surface area (Å²) in [5, 5.41) is 20.8. The number of aromatic amines is 1. The first kappa shape index (κ1) is 24.7. The number of nitrogens with one attached hydrogen (secondary N) is 3. The van der Waals surface area contributed by atoms with Crippen LogP contribution in [0.4, 0.5) is 5.95 Å². The van der Waals surface area contributed by atoms with E-state index >= 15 is 0 Å². The molecule has 0 bridgehead atoms. The second-order valence-electron chi connectivity index (χ2n) is 9.74. The van der Waals surface area contributed by atoms with Crippen molar-refractivity contribution in [2.45, 2.75) is 24.9 Å². The van der Waals surface area contributed by atoms with Gasteiger partial charge in [-0.15, -0.1) is 0 Å². The molecule has 192 valence electrons. The van der Waals surface area contributed by atoms with E-state index in [0.717, 1.165) is 34.1 Å². The molecule has 10 nitrogen and oxygen atoms in total. The summed E-state index contributed by atoms with van der Waals surface area (Å²) in [6.45, 7) is 3.31. The van der Waals surface area contributed by atoms with E-state index in [4.69, 9.17) is 4.98 Å². The van der Waals surface area contributed by atoms with Gasteiger partial charge >= 0.3 is 0 Å². The van der Waals surface area contributed by atoms with Crippen LogP contribution in [-0.4, -0.2) is 68.1 Å². The fourth-order valence-electron chi connectivity index (χ4n) is 5.13. The number of nitrogens with zero attached hydrogens (tertiary/aromatic N) is 5. The molecule has 3 aromatic heterocycles. The number of H-pyrrole nitrogens is 1. The lowest BCUT2D eigenvalue weighted by molar-refractivity contribution is -0.519. The normalized spacial score (nSPS) is 19.6. The zero-order chi connectivity index (χ0) is 26.2. The molecule has 2 atom stereocenters. The summed E-state index contributed by atoms with van der Waals surface area (Å²) in [6.07, 6.45) is 9.98. The Labute approximate surface area is 215 Å². The molecule has 0 fully saturated rings. The Morgan fingerprint density at radius 2 is 2.03 bits per heavy atom. The van der Waals surface area contributed by atoms with Gasteiger partial charge in [0.2, 0.25) is 5.95 Å². The molecular weight excluding hydrogens is 468 g/mol. The number of benzene rings is 1. The first-order chi connectivity index (χ1) is 17.8. The largest absolute Gasteiger partial charge is 0.350 e. The minimum Gasteiger partial charge on any atom is -0.350 e. The van der Waals surface area contributed by atoms with Gasteiger partial charge in [-0.1, -0.05) is 31.2 Å². The molecule has 0 saturated heterocycles. The number of hydrogen-bond donors (Lipinski definition) is 3. The Morgan fingerprint density at radius 3 is 2.78 bits per heavy atom. The van der Waals surface area contributed by atoms with Gasteiger partial charge in [-0.3, -0.25) is 10.1 Å². The number of aromatic nitrogens is 4. The summed E-state index contributed by atoms with van der Waals surface area (Å²) >= 11 is 0. The smallest absolute Gasteiger partial charge is 0.255 e. The number of likely N-dealkylation sites (N-methyl/N-ethyl adjacent to an activating group) is 1. The van der Waals surface area contributed by atoms with Gasteiger partial charge in [0.05, 0.1) is 5.69 Å². The average molecular weight is 501 g/mol. The Hall–Kier alpha value is -4.02. The zero-order valence-corrected chi connectivity index (χ0v) is 21.5. The maximum absolute atomic E-state index is 12.2. The monoisotopic (exact) mass is 500 g/mol. The number of aryl methyl sites for hydroxylation is 1. The number of rotatable bonds is 9. The van der Waals surface area contributed by atoms with E-state index < -0.39 is 11.6 Å². The van der Waals surface area contributed by atoms with Crippen molar-refractivity contribution >= 4 is 27.9 Å². The van der Waals surface area contributed by atoms with E-state index in [9.17, 15) is 10.1 Å². The summed E-state index contributed by atoms with van der Waals surface area (Å²) in [6, 6.07) is 9.23. The lowest BCUT2D eigenvalue weighted by Gasteiger charge is -2.36. The van der Waals surface area contributed by atoms with E-state index in [-0.39, 0.29) is 4.92 Å². The van der Waals surface area contributed by atoms with Gasteiger partial charge in [0.15, 0.2) is 0 Å². The van der Waals surface area contributed by atoms with Crippen LogP contribution in [0.15, 0.2) is 66.7 Å². The molecule has 0 radical (unpaired) electrons. The van der Waals surface area contributed by atoms with Crippen LogP contribution in [0, 0.1) is 10.1 Å². The Morgan fingerprint density at radius 1 is 1.22 bits per heavy atom. The van der Waals surface area contributed by atoms with Gasteiger partial charge in [0, 0.05) is 58.0 Å². The molecule has 3 heterocycles. The van der Waals surface area contributed by atoms with Crippen molar-refractivity contribution in [3.05, 3.63) is 76.8 Å². The van der Waals surface area contributed by atoms with E-state index in [0.29, 0.717) is 30.3 Å². The van der Waals surface area contributed by atoms with Gasteiger partial charge < -0.3 is 25.1 Å². The van der Waals surface area contributed by atoms with E-state index in [1.165, 1.54) is 0 Å². The van der Waals surface area contributed by atoms with Crippen molar-refractivity contribution < 1.29 is 4.92 Å². The summed E-state index contributed by atoms with van der Waals surface area (Å²) in [7, 11) is 5.96. The Balaban J connectivity index is 1.53. The summed E-state index contributed by atoms with van der Waals surface area (Å²) in [5.74, 6) is 0.375. The van der Waals surface area contributed by atoms with Gasteiger partial charge in [-0.25, -0.2) is 4.98 Å². The van der Waals surface area contributed by atoms with Gasteiger partial charge in [-0.2, -0.15) is 4.98 Å². The topological polar surface area (TPSA) is 117 Å². The van der Waals surface area contributed by atoms with Crippen LogP contribution in [0.1, 0.15) is 13.3 Å². The minimum atomic E-state index is -0.938. The predicted molar refractivity (Wildman–Crippen MR) is 147 cm³/mol. The summed E-state index contributed by atoms with van der Waals surface area (Å²) in [5.41, 5.74) is 3.42. The average Bonchev–Trinajstić information content (AvgIpc) is 3.48. The molecule has 0 saturated carbocycles. The minimum absolute atomic E-state index is 0.222. The number of allylic oxidation sites excluding steroid dienone is 1. The number of anilines is 1. The van der Waals surface area contributed by atoms with Crippen molar-refractivity contribution in [1.29, 1.82) is 0 Å². The SMILES string of the molecule is CCNC1(CCN(C)C)C=CC(Nc2nc(-c3cn(C)c4ccccc34)c3cc[nH]c3n2)=CC1[N+](=O)[O-]. The molecule has 3 N–H and O–H groups in total. The number of hydrogen-bond acceptors (Lipinski definition) is 7. The third-order valence-electron chi connectivity index (χ3n) is 6.96. The number of para-hydroxylation sites is 1. The maximum Gasteiger partial charge on any atom is 0.255 e. The fraction of sp³-hybridized carbons (Fsp3) is 0.333. The lowest BCUT2D eigenvalue weighted by Crippen LogP contribution is -2.57. The summed E-state index contributed by atoms with van der Waals surface area (Å²) in [4.78, 5) is 26.7. The highest BCUT2D eigenvalue weighted by Crippen LogP contribution is 2.34. The van der Waals surface area contributed by atoms with Crippen LogP contribution in [0.5, 0.6) is 0 Å². The summed E-state index contributed by atoms with van der Waals surface area (Å²) < 4.78 is 2.08. The molecule has 1 aliphatic carbocycles. The van der Waals surface area contributed by atoms with Gasteiger partial charge in [0.1, 0.15) is 11.2 Å². The highest BCUT2D eigenvalue weighted by Gasteiger charge is 2.45. The first-order valence-electron chi connectivity index (χ1n) is 12.4. The van der Waals surface area contributed by atoms with E-state index in [1.807, 2.05) is 69.5 Å². The van der Waals surface area contributed by atoms with Crippen LogP contribution in [-0.2, 0) is 7.05 Å². The van der Waals surface area contributed by atoms with Gasteiger partial charge in [0.25, 0.3) is 6.04 Å².